The number of piperidine rings is 8. The number of nitrogens with zero attached hydrogens (tertiary/aromatic N) is 8. The van der Waals surface area contributed by atoms with E-state index in [2.05, 4.69) is 46.1 Å². The van der Waals surface area contributed by atoms with Crippen LogP contribution in [0, 0.1) is 43.3 Å². The van der Waals surface area contributed by atoms with Crippen molar-refractivity contribution in [3.8, 4) is 0 Å². The van der Waals surface area contributed by atoms with Crippen molar-refractivity contribution >= 4 is 59.5 Å². The molecule has 866 valence electrons. The van der Waals surface area contributed by atoms with Gasteiger partial charge < -0.3 is 42.6 Å². The van der Waals surface area contributed by atoms with Crippen LogP contribution in [0.3, 0.4) is 0 Å². The SMILES string of the molecule is C.C.C.CC(C)(C)C(=O)OC1(CN2CCCCC2)CC1.CC(C)(C)C(=O)OC1(CN2CCCCC2)CCC1.CC(C)(C)C(=O)OC1(CN2CCCCC2)CCCC1.CC(C)(C)C(=O)OC1(CN2CCCCC2)CCCCC1.CC(C)(C)C(=O)OC1(CN2CCCCC2)CCOCC1.CC(C)(C)C(=O)OC1(CN2CCCCC2)CCSCC1.CC(C)(C)C(=O)OCCN1CCCCC1.CC(COC(=O)C(C)(C)C)N1CCCCC1. The van der Waals surface area contributed by atoms with E-state index in [1.807, 2.05) is 178 Å². The molecule has 0 bridgehead atoms. The van der Waals surface area contributed by atoms with Crippen LogP contribution in [-0.4, -0.2) is 315 Å². The monoisotopic (exact) mass is 2110 g/mol. The Balaban J connectivity index is 0.000000352. The number of ether oxygens (including phenoxy) is 9. The Morgan fingerprint density at radius 2 is 0.432 bits per heavy atom. The Labute approximate surface area is 910 Å². The van der Waals surface area contributed by atoms with E-state index in [9.17, 15) is 38.4 Å². The molecule has 4 aliphatic carbocycles. The van der Waals surface area contributed by atoms with E-state index in [1.54, 1.807) is 0 Å². The summed E-state index contributed by atoms with van der Waals surface area (Å²) in [5.74, 6) is 1.75. The van der Waals surface area contributed by atoms with Crippen LogP contribution in [0.2, 0.25) is 0 Å². The van der Waals surface area contributed by atoms with E-state index >= 15 is 0 Å². The molecule has 148 heavy (non-hydrogen) atoms. The van der Waals surface area contributed by atoms with Gasteiger partial charge in [-0.2, -0.15) is 11.8 Å². The van der Waals surface area contributed by atoms with Crippen LogP contribution in [0.5, 0.6) is 0 Å². The van der Waals surface area contributed by atoms with Gasteiger partial charge in [-0.1, -0.05) is 80.1 Å². The fraction of sp³-hybridized carbons (Fsp3) is 0.934. The molecule has 0 aromatic carbocycles. The second-order valence-electron chi connectivity index (χ2n) is 54.4. The van der Waals surface area contributed by atoms with Gasteiger partial charge in [-0.15, -0.1) is 0 Å². The quantitative estimate of drug-likeness (QED) is 0.0644. The largest absolute Gasteiger partial charge is 0.464 e. The summed E-state index contributed by atoms with van der Waals surface area (Å²) >= 11 is 1.98. The summed E-state index contributed by atoms with van der Waals surface area (Å²) < 4.78 is 51.7. The fourth-order valence-corrected chi connectivity index (χ4v) is 22.2. The van der Waals surface area contributed by atoms with Crippen LogP contribution in [0.4, 0.5) is 0 Å². The molecular weight excluding hydrogens is 1880 g/mol. The Hall–Kier alpha value is -4.25. The molecule has 0 aromatic rings. The molecule has 26 heteroatoms. The van der Waals surface area contributed by atoms with E-state index in [0.717, 1.165) is 174 Å². The van der Waals surface area contributed by atoms with E-state index in [4.69, 9.17) is 42.6 Å². The predicted molar refractivity (Wildman–Crippen MR) is 609 cm³/mol. The average Bonchev–Trinajstić information content (AvgIpc) is 1.37. The summed E-state index contributed by atoms with van der Waals surface area (Å²) in [6, 6.07) is 0.353. The van der Waals surface area contributed by atoms with Crippen molar-refractivity contribution in [2.24, 2.45) is 43.3 Å². The zero-order valence-electron chi connectivity index (χ0n) is 97.7. The second kappa shape index (κ2) is 64.0. The van der Waals surface area contributed by atoms with Crippen molar-refractivity contribution in [3.63, 3.8) is 0 Å². The summed E-state index contributed by atoms with van der Waals surface area (Å²) in [5, 5.41) is 0. The predicted octanol–water partition coefficient (Wildman–Crippen LogP) is 25.1. The van der Waals surface area contributed by atoms with Gasteiger partial charge in [-0.05, 0) is 488 Å². The zero-order valence-corrected chi connectivity index (χ0v) is 98.5. The van der Waals surface area contributed by atoms with Gasteiger partial charge in [0.15, 0.2) is 0 Å². The van der Waals surface area contributed by atoms with Crippen LogP contribution in [0.1, 0.15) is 465 Å². The number of likely N-dealkylation sites (tertiary alicyclic amines) is 8. The van der Waals surface area contributed by atoms with Crippen molar-refractivity contribution in [1.82, 2.24) is 39.2 Å². The molecule has 14 rings (SSSR count). The smallest absolute Gasteiger partial charge is 0.311 e. The minimum atomic E-state index is -0.437. The third-order valence-corrected chi connectivity index (χ3v) is 32.2. The normalized spacial score (nSPS) is 22.9. The topological polar surface area (TPSA) is 246 Å². The molecule has 10 heterocycles. The minimum Gasteiger partial charge on any atom is -0.464 e. The first-order valence-corrected chi connectivity index (χ1v) is 59.8. The number of rotatable bonds is 24. The standard InChI is InChI=1S/C17H31NO2.C16H29NO3.C16H29NO2S.C16H29NO2.C15H27NO2.C14H25NO2.C13H25NO2.C12H23NO2.3CH4/c1-16(2,3)15(19)20-17(10-6-4-7-11-17)14-18-12-8-5-9-13-18;1-15(2,3)14(18)20-16(7-11-19-12-8-16)13-17-9-5-4-6-10-17;1-15(2,3)14(18)19-16(7-11-20-12-8-16)13-17-9-5-4-6-10-17;1-15(2,3)14(18)19-16(9-5-6-10-16)13-17-11-7-4-8-12-17;1-14(2,3)13(17)18-15(8-7-9-15)12-16-10-5-4-6-11-16;1-13(2,3)12(16)17-14(7-8-14)11-15-9-5-4-6-10-15;1-11(14-8-6-5-7-9-14)10-16-12(15)13(2,3)4;1-12(2,3)11(14)15-10-9-13-7-5-4-6-8-13;;;/h4-14H2,1-3H3;2*4-13H2,1-3H3;4-13H2,1-3H3;4-12H2,1-3H3;4-11H2,1-3H3;11H,5-10H2,1-4H3;4-10H2,1-3H3;3*1H4. The summed E-state index contributed by atoms with van der Waals surface area (Å²) in [7, 11) is 0. The molecule has 14 aliphatic rings. The number of thioether (sulfide) groups is 1. The van der Waals surface area contributed by atoms with Crippen LogP contribution in [0.15, 0.2) is 0 Å². The van der Waals surface area contributed by atoms with Gasteiger partial charge in [-0.3, -0.25) is 77.6 Å². The number of esters is 8. The molecule has 0 amide bonds. The van der Waals surface area contributed by atoms with Crippen molar-refractivity contribution in [3.05, 3.63) is 0 Å². The van der Waals surface area contributed by atoms with Crippen LogP contribution in [-0.2, 0) is 81.0 Å². The van der Waals surface area contributed by atoms with Gasteiger partial charge in [0.25, 0.3) is 0 Å². The number of carbonyl (C=O) groups excluding carboxylic acids is 8. The molecule has 10 aliphatic heterocycles. The highest BCUT2D eigenvalue weighted by atomic mass is 32.2. The Morgan fingerprint density at radius 1 is 0.236 bits per heavy atom. The lowest BCUT2D eigenvalue weighted by atomic mass is 9.78. The molecule has 14 fully saturated rings. The first-order chi connectivity index (χ1) is 67.9. The molecule has 0 aromatic heterocycles. The van der Waals surface area contributed by atoms with E-state index < -0.39 is 21.7 Å². The molecule has 4 saturated carbocycles. The molecule has 0 N–H and O–H groups in total. The van der Waals surface area contributed by atoms with Gasteiger partial charge in [0, 0.05) is 64.7 Å². The maximum Gasteiger partial charge on any atom is 0.311 e. The van der Waals surface area contributed by atoms with Crippen molar-refractivity contribution in [2.45, 2.75) is 505 Å². The molecule has 0 spiro atoms. The third kappa shape index (κ3) is 51.0. The summed E-state index contributed by atoms with van der Waals surface area (Å²) in [5.41, 5.74) is -4.42. The highest BCUT2D eigenvalue weighted by molar-refractivity contribution is 7.99. The summed E-state index contributed by atoms with van der Waals surface area (Å²) in [6.45, 7) is 75.9. The zero-order chi connectivity index (χ0) is 107. The van der Waals surface area contributed by atoms with Gasteiger partial charge in [-0.25, -0.2) is 0 Å². The van der Waals surface area contributed by atoms with E-state index in [1.165, 1.54) is 258 Å². The van der Waals surface area contributed by atoms with Crippen LogP contribution >= 0.6 is 11.8 Å². The molecule has 1 atom stereocenters. The van der Waals surface area contributed by atoms with Crippen molar-refractivity contribution in [1.29, 1.82) is 0 Å². The Kier molecular flexibility index (Phi) is 58.8. The fourth-order valence-electron chi connectivity index (χ4n) is 21.0. The van der Waals surface area contributed by atoms with E-state index in [-0.39, 0.29) is 125 Å². The highest BCUT2D eigenvalue weighted by Crippen LogP contribution is 2.45. The van der Waals surface area contributed by atoms with Crippen LogP contribution < -0.4 is 0 Å². The Morgan fingerprint density at radius 3 is 0.662 bits per heavy atom. The highest BCUT2D eigenvalue weighted by Gasteiger charge is 2.52. The lowest BCUT2D eigenvalue weighted by Crippen LogP contribution is -2.53. The average molecular weight is 2110 g/mol. The Bertz CT molecular complexity index is 3570. The van der Waals surface area contributed by atoms with E-state index in [0.29, 0.717) is 32.5 Å². The number of carbonyl (C=O) groups is 8. The van der Waals surface area contributed by atoms with Gasteiger partial charge in [0.1, 0.15) is 46.8 Å². The molecule has 10 saturated heterocycles. The summed E-state index contributed by atoms with van der Waals surface area (Å²) in [6.07, 6.45) is 50.7. The number of hydrogen-bond donors (Lipinski definition) is 0. The minimum absolute atomic E-state index is 0. The van der Waals surface area contributed by atoms with Crippen molar-refractivity contribution in [2.75, 3.05) is 188 Å². The number of hydrogen-bond acceptors (Lipinski definition) is 26. The molecular formula is C122H230N8O17S. The van der Waals surface area contributed by atoms with Gasteiger partial charge in [0.05, 0.1) is 56.5 Å². The molecule has 25 nitrogen and oxygen atoms in total. The first kappa shape index (κ1) is 136. The lowest BCUT2D eigenvalue weighted by molar-refractivity contribution is -0.183. The molecule has 1 unspecified atom stereocenters. The third-order valence-electron chi connectivity index (χ3n) is 31.2. The van der Waals surface area contributed by atoms with Gasteiger partial charge >= 0.3 is 47.8 Å². The lowest BCUT2D eigenvalue weighted by Gasteiger charge is -2.46. The van der Waals surface area contributed by atoms with Crippen molar-refractivity contribution < 1.29 is 81.0 Å². The van der Waals surface area contributed by atoms with Crippen LogP contribution in [0.25, 0.3) is 0 Å². The molecule has 0 radical (unpaired) electrons. The summed E-state index contributed by atoms with van der Waals surface area (Å²) in [4.78, 5) is 116. The maximum atomic E-state index is 12.3. The first-order valence-electron chi connectivity index (χ1n) is 58.6. The van der Waals surface area contributed by atoms with Gasteiger partial charge in [0.2, 0.25) is 0 Å². The maximum absolute atomic E-state index is 12.3. The second-order valence-corrected chi connectivity index (χ2v) is 55.6.